The second kappa shape index (κ2) is 9.37. The van der Waals surface area contributed by atoms with Crippen molar-refractivity contribution in [1.82, 2.24) is 0 Å². The van der Waals surface area contributed by atoms with Gasteiger partial charge < -0.3 is 15.3 Å². The molecule has 3 fully saturated rings. The molecule has 31 heavy (non-hydrogen) atoms. The highest BCUT2D eigenvalue weighted by molar-refractivity contribution is 5.39. The molecule has 0 bridgehead atoms. The van der Waals surface area contributed by atoms with Gasteiger partial charge in [-0.3, -0.25) is 0 Å². The zero-order chi connectivity index (χ0) is 23.0. The zero-order valence-corrected chi connectivity index (χ0v) is 20.3. The van der Waals surface area contributed by atoms with Crippen molar-refractivity contribution in [3.05, 3.63) is 47.6 Å². The van der Waals surface area contributed by atoms with E-state index < -0.39 is 11.9 Å². The Morgan fingerprint density at radius 3 is 2.45 bits per heavy atom. The molecule has 0 heterocycles. The number of allylic oxidation sites excluding steroid dienone is 5. The number of aliphatic hydroxyl groups excluding tert-OH is 1. The molecule has 3 nitrogen and oxygen atoms in total. The Hall–Kier alpha value is -1.16. The summed E-state index contributed by atoms with van der Waals surface area (Å²) in [6.07, 6.45) is 14.4. The summed E-state index contributed by atoms with van der Waals surface area (Å²) < 4.78 is 0. The third-order valence-corrected chi connectivity index (χ3v) is 8.75. The van der Waals surface area contributed by atoms with E-state index in [2.05, 4.69) is 59.4 Å². The van der Waals surface area contributed by atoms with Gasteiger partial charge in [0.1, 0.15) is 0 Å². The third kappa shape index (κ3) is 5.26. The average molecular weight is 429 g/mol. The monoisotopic (exact) mass is 428 g/mol. The summed E-state index contributed by atoms with van der Waals surface area (Å²) in [4.78, 5) is 0. The van der Waals surface area contributed by atoms with Crippen molar-refractivity contribution < 1.29 is 15.3 Å². The van der Waals surface area contributed by atoms with E-state index in [1.165, 1.54) is 31.3 Å². The van der Waals surface area contributed by atoms with Gasteiger partial charge in [-0.15, -0.1) is 0 Å². The molecule has 0 aromatic rings. The van der Waals surface area contributed by atoms with Crippen LogP contribution in [0, 0.1) is 35.0 Å². The van der Waals surface area contributed by atoms with Gasteiger partial charge in [-0.25, -0.2) is 0 Å². The maximum absolute atomic E-state index is 10.1. The van der Waals surface area contributed by atoms with Gasteiger partial charge in [0.15, 0.2) is 5.79 Å². The number of hydrogen-bond acceptors (Lipinski definition) is 3. The minimum absolute atomic E-state index is 0.0665. The fourth-order valence-corrected chi connectivity index (χ4v) is 6.36. The second-order valence-electron chi connectivity index (χ2n) is 11.3. The molecule has 3 heteroatoms. The maximum Gasteiger partial charge on any atom is 0.169 e. The van der Waals surface area contributed by atoms with Gasteiger partial charge in [-0.1, -0.05) is 71.1 Å². The van der Waals surface area contributed by atoms with Crippen LogP contribution in [-0.2, 0) is 0 Å². The molecular formula is C28H44O3. The molecular weight excluding hydrogens is 384 g/mol. The second-order valence-corrected chi connectivity index (χ2v) is 11.3. The predicted octanol–water partition coefficient (Wildman–Crippen LogP) is 5.93. The summed E-state index contributed by atoms with van der Waals surface area (Å²) in [6, 6.07) is 0. The van der Waals surface area contributed by atoms with E-state index >= 15 is 0 Å². The van der Waals surface area contributed by atoms with Gasteiger partial charge >= 0.3 is 0 Å². The lowest BCUT2D eigenvalue weighted by Crippen LogP contribution is -2.39. The highest BCUT2D eigenvalue weighted by Gasteiger charge is 2.50. The van der Waals surface area contributed by atoms with E-state index in [4.69, 9.17) is 0 Å². The van der Waals surface area contributed by atoms with Gasteiger partial charge in [-0.2, -0.15) is 0 Å². The normalized spacial score (nSPS) is 38.2. The van der Waals surface area contributed by atoms with E-state index in [1.54, 1.807) is 0 Å². The Labute approximate surface area is 189 Å². The van der Waals surface area contributed by atoms with Crippen LogP contribution in [0.15, 0.2) is 47.6 Å². The molecule has 0 aliphatic heterocycles. The largest absolute Gasteiger partial charge is 0.388 e. The molecule has 3 saturated carbocycles. The predicted molar refractivity (Wildman–Crippen MR) is 128 cm³/mol. The molecule has 6 atom stereocenters. The Bertz CT molecular complexity index is 756. The van der Waals surface area contributed by atoms with E-state index in [1.807, 2.05) is 6.08 Å². The van der Waals surface area contributed by atoms with Crippen LogP contribution in [-0.4, -0.2) is 27.2 Å². The highest BCUT2D eigenvalue weighted by atomic mass is 16.5. The summed E-state index contributed by atoms with van der Waals surface area (Å²) in [5, 5.41) is 30.3. The van der Waals surface area contributed by atoms with Gasteiger partial charge in [0.25, 0.3) is 0 Å². The van der Waals surface area contributed by atoms with E-state index in [0.717, 1.165) is 12.0 Å². The minimum Gasteiger partial charge on any atom is -0.388 e. The molecule has 3 rings (SSSR count). The number of hydrogen-bond donors (Lipinski definition) is 3. The molecule has 0 saturated heterocycles. The molecule has 0 aromatic heterocycles. The van der Waals surface area contributed by atoms with Crippen LogP contribution >= 0.6 is 0 Å². The maximum atomic E-state index is 10.1. The van der Waals surface area contributed by atoms with Crippen molar-refractivity contribution >= 4 is 0 Å². The van der Waals surface area contributed by atoms with E-state index in [9.17, 15) is 15.3 Å². The molecule has 0 radical (unpaired) electrons. The smallest absolute Gasteiger partial charge is 0.169 e. The first-order valence-corrected chi connectivity index (χ1v) is 12.3. The Kier molecular flexibility index (Phi) is 7.40. The van der Waals surface area contributed by atoms with Crippen LogP contribution in [0.1, 0.15) is 79.6 Å². The first kappa shape index (κ1) is 24.5. The van der Waals surface area contributed by atoms with Crippen LogP contribution in [0.5, 0.6) is 0 Å². The molecule has 174 valence electrons. The zero-order valence-electron chi connectivity index (χ0n) is 20.3. The standard InChI is InChI=1S/C28H44O3/c1-18(2)19(3)9-10-20(4)24-13-14-25-22(8-7-15-27(24,25)6)11-12-23-16-28(30,31)17-26(29)21(23)5/h9-12,18-20,24-26,29-31H,5,7-8,13-17H2,1-4,6H3/b10-9+,22-11+,23-12+/t19-,20+,24-,25?,26?,27+/m0/s1. The summed E-state index contributed by atoms with van der Waals surface area (Å²) >= 11 is 0. The van der Waals surface area contributed by atoms with Gasteiger partial charge in [0, 0.05) is 12.8 Å². The van der Waals surface area contributed by atoms with Crippen LogP contribution < -0.4 is 0 Å². The summed E-state index contributed by atoms with van der Waals surface area (Å²) in [5.41, 5.74) is 3.20. The van der Waals surface area contributed by atoms with Gasteiger partial charge in [0.2, 0.25) is 0 Å². The topological polar surface area (TPSA) is 60.7 Å². The number of rotatable bonds is 5. The molecule has 0 amide bonds. The van der Waals surface area contributed by atoms with E-state index in [0.29, 0.717) is 40.6 Å². The van der Waals surface area contributed by atoms with Crippen molar-refractivity contribution in [2.24, 2.45) is 35.0 Å². The van der Waals surface area contributed by atoms with Crippen LogP contribution in [0.25, 0.3) is 0 Å². The van der Waals surface area contributed by atoms with Crippen molar-refractivity contribution in [2.75, 3.05) is 0 Å². The van der Waals surface area contributed by atoms with Crippen LogP contribution in [0.4, 0.5) is 0 Å². The van der Waals surface area contributed by atoms with Crippen molar-refractivity contribution in [3.8, 4) is 0 Å². The lowest BCUT2D eigenvalue weighted by molar-refractivity contribution is -0.181. The summed E-state index contributed by atoms with van der Waals surface area (Å²) in [5.74, 6) is 1.34. The van der Waals surface area contributed by atoms with Gasteiger partial charge in [-0.05, 0) is 78.3 Å². The van der Waals surface area contributed by atoms with Crippen molar-refractivity contribution in [1.29, 1.82) is 0 Å². The average Bonchev–Trinajstić information content (AvgIpc) is 3.04. The third-order valence-electron chi connectivity index (χ3n) is 8.75. The quantitative estimate of drug-likeness (QED) is 0.375. The number of aliphatic hydroxyl groups is 3. The van der Waals surface area contributed by atoms with Crippen LogP contribution in [0.2, 0.25) is 0 Å². The Morgan fingerprint density at radius 1 is 1.06 bits per heavy atom. The molecule has 0 aromatic carbocycles. The molecule has 3 aliphatic carbocycles. The summed E-state index contributed by atoms with van der Waals surface area (Å²) in [6.45, 7) is 15.8. The minimum atomic E-state index is -1.85. The molecule has 3 N–H and O–H groups in total. The Balaban J connectivity index is 1.78. The summed E-state index contributed by atoms with van der Waals surface area (Å²) in [7, 11) is 0. The Morgan fingerprint density at radius 2 is 1.77 bits per heavy atom. The van der Waals surface area contributed by atoms with Gasteiger partial charge in [0.05, 0.1) is 6.10 Å². The van der Waals surface area contributed by atoms with Crippen LogP contribution in [0.3, 0.4) is 0 Å². The fourth-order valence-electron chi connectivity index (χ4n) is 6.36. The molecule has 2 unspecified atom stereocenters. The van der Waals surface area contributed by atoms with Crippen molar-refractivity contribution in [3.63, 3.8) is 0 Å². The lowest BCUT2D eigenvalue weighted by Gasteiger charge is -2.44. The van der Waals surface area contributed by atoms with E-state index in [-0.39, 0.29) is 12.8 Å². The SMILES string of the molecule is C=C1/C(=C/C=C2\CCC[C@@]3(C)C2CC[C@H]3[C@H](C)/C=C/[C@H](C)C(C)C)CC(O)(O)CC1O. The highest BCUT2D eigenvalue weighted by Crippen LogP contribution is 2.59. The first-order chi connectivity index (χ1) is 14.4. The first-order valence-electron chi connectivity index (χ1n) is 12.3. The number of fused-ring (bicyclic) bond motifs is 1. The van der Waals surface area contributed by atoms with Crippen molar-refractivity contribution in [2.45, 2.75) is 91.5 Å². The molecule has 3 aliphatic rings. The fraction of sp³-hybridized carbons (Fsp3) is 0.714. The lowest BCUT2D eigenvalue weighted by atomic mass is 9.61. The molecule has 0 spiro atoms.